The van der Waals surface area contributed by atoms with E-state index in [1.807, 2.05) is 12.1 Å². The van der Waals surface area contributed by atoms with E-state index >= 15 is 0 Å². The molecule has 21 heavy (non-hydrogen) atoms. The van der Waals surface area contributed by atoms with Gasteiger partial charge in [-0.3, -0.25) is 4.90 Å². The first-order valence-electron chi connectivity index (χ1n) is 7.30. The van der Waals surface area contributed by atoms with Crippen molar-refractivity contribution in [1.29, 1.82) is 0 Å². The second kappa shape index (κ2) is 7.69. The number of phenolic OH excluding ortho intramolecular Hbond substituents is 1. The number of aromatic hydroxyl groups is 1. The quantitative estimate of drug-likeness (QED) is 0.793. The van der Waals surface area contributed by atoms with Crippen LogP contribution in [0.1, 0.15) is 24.4 Å². The van der Waals surface area contributed by atoms with Crippen LogP contribution in [-0.2, 0) is 0 Å². The van der Waals surface area contributed by atoms with Crippen molar-refractivity contribution < 1.29 is 9.84 Å². The van der Waals surface area contributed by atoms with Gasteiger partial charge < -0.3 is 15.2 Å². The molecule has 1 heterocycles. The average molecular weight is 311 g/mol. The normalized spacial score (nSPS) is 17.4. The molecule has 4 nitrogen and oxygen atoms in total. The van der Waals surface area contributed by atoms with Gasteiger partial charge in [-0.2, -0.15) is 0 Å². The Bertz CT molecular complexity index is 487. The van der Waals surface area contributed by atoms with Crippen LogP contribution in [0.5, 0.6) is 11.5 Å². The fourth-order valence-corrected chi connectivity index (χ4v) is 3.01. The predicted molar refractivity (Wildman–Crippen MR) is 86.3 cm³/mol. The Labute approximate surface area is 131 Å². The summed E-state index contributed by atoms with van der Waals surface area (Å²) in [6.07, 6.45) is 3.67. The van der Waals surface area contributed by atoms with Gasteiger partial charge in [-0.05, 0) is 25.0 Å². The van der Waals surface area contributed by atoms with Gasteiger partial charge in [-0.25, -0.2) is 0 Å². The first-order valence-corrected chi connectivity index (χ1v) is 7.67. The van der Waals surface area contributed by atoms with Crippen LogP contribution in [0.4, 0.5) is 0 Å². The molecule has 0 unspecified atom stereocenters. The van der Waals surface area contributed by atoms with Gasteiger partial charge in [0.05, 0.1) is 17.7 Å². The van der Waals surface area contributed by atoms with Gasteiger partial charge in [0.2, 0.25) is 0 Å². The number of nitrogens with zero attached hydrogens (tertiary/aromatic N) is 1. The Morgan fingerprint density at radius 3 is 2.81 bits per heavy atom. The molecule has 1 aliphatic rings. The molecule has 0 amide bonds. The van der Waals surface area contributed by atoms with E-state index in [2.05, 4.69) is 16.8 Å². The maximum atomic E-state index is 10.4. The van der Waals surface area contributed by atoms with Crippen molar-refractivity contribution in [2.45, 2.75) is 18.9 Å². The number of phenols is 1. The molecule has 2 rings (SSSR count). The first-order chi connectivity index (χ1) is 10.2. The summed E-state index contributed by atoms with van der Waals surface area (Å²) >= 11 is 6.10. The highest BCUT2D eigenvalue weighted by Gasteiger charge is 2.28. The number of methoxy groups -OCH3 is 1. The minimum Gasteiger partial charge on any atom is -0.506 e. The van der Waals surface area contributed by atoms with Gasteiger partial charge in [0.25, 0.3) is 0 Å². The fourth-order valence-electron chi connectivity index (χ4n) is 2.84. The van der Waals surface area contributed by atoms with Crippen molar-refractivity contribution in [1.82, 2.24) is 10.2 Å². The third-order valence-electron chi connectivity index (χ3n) is 3.92. The number of nitrogens with one attached hydrogen (secondary N) is 1. The van der Waals surface area contributed by atoms with Crippen LogP contribution in [-0.4, -0.2) is 43.3 Å². The van der Waals surface area contributed by atoms with Gasteiger partial charge in [0, 0.05) is 32.2 Å². The van der Waals surface area contributed by atoms with Crippen LogP contribution in [0, 0.1) is 0 Å². The van der Waals surface area contributed by atoms with Gasteiger partial charge in [0.1, 0.15) is 11.5 Å². The zero-order valence-corrected chi connectivity index (χ0v) is 13.2. The van der Waals surface area contributed by atoms with E-state index in [4.69, 9.17) is 16.3 Å². The minimum absolute atomic E-state index is 0.0822. The lowest BCUT2D eigenvalue weighted by Crippen LogP contribution is -2.45. The van der Waals surface area contributed by atoms with E-state index in [-0.39, 0.29) is 11.8 Å². The lowest BCUT2D eigenvalue weighted by molar-refractivity contribution is 0.160. The third kappa shape index (κ3) is 3.70. The Hall–Kier alpha value is -1.23. The molecular weight excluding hydrogens is 288 g/mol. The number of halogens is 1. The Kier molecular flexibility index (Phi) is 5.91. The highest BCUT2D eigenvalue weighted by molar-refractivity contribution is 6.32. The maximum Gasteiger partial charge on any atom is 0.142 e. The van der Waals surface area contributed by atoms with Crippen molar-refractivity contribution >= 4 is 11.6 Å². The Balaban J connectivity index is 2.39. The Morgan fingerprint density at radius 2 is 2.19 bits per heavy atom. The summed E-state index contributed by atoms with van der Waals surface area (Å²) in [6, 6.07) is 3.57. The van der Waals surface area contributed by atoms with E-state index in [9.17, 15) is 5.11 Å². The number of allylic oxidation sites excluding steroid dienone is 1. The van der Waals surface area contributed by atoms with E-state index < -0.39 is 0 Å². The number of piperazine rings is 1. The standard InChI is InChI=1S/C16H23ClN2O2/c1-3-4-5-13(19-10-8-18-9-11-19)15-14(21-2)7-6-12(17)16(15)20/h3,6-7,13,18,20H,1,4-5,8-11H2,2H3/t13-/m1/s1. The number of hydrogen-bond donors (Lipinski definition) is 2. The third-order valence-corrected chi connectivity index (χ3v) is 4.22. The topological polar surface area (TPSA) is 44.7 Å². The summed E-state index contributed by atoms with van der Waals surface area (Å²) in [6.45, 7) is 7.59. The molecular formula is C16H23ClN2O2. The molecule has 1 aromatic carbocycles. The average Bonchev–Trinajstić information content (AvgIpc) is 2.52. The zero-order valence-electron chi connectivity index (χ0n) is 12.4. The molecule has 0 bridgehead atoms. The van der Waals surface area contributed by atoms with Gasteiger partial charge in [-0.15, -0.1) is 6.58 Å². The highest BCUT2D eigenvalue weighted by atomic mass is 35.5. The molecule has 1 aliphatic heterocycles. The molecule has 1 aromatic rings. The van der Waals surface area contributed by atoms with Crippen molar-refractivity contribution in [3.8, 4) is 11.5 Å². The molecule has 1 fully saturated rings. The number of rotatable bonds is 6. The van der Waals surface area contributed by atoms with Crippen LogP contribution in [0.2, 0.25) is 5.02 Å². The molecule has 0 aromatic heterocycles. The minimum atomic E-state index is 0.0822. The smallest absolute Gasteiger partial charge is 0.142 e. The van der Waals surface area contributed by atoms with Crippen LogP contribution in [0.25, 0.3) is 0 Å². The number of hydrogen-bond acceptors (Lipinski definition) is 4. The summed E-state index contributed by atoms with van der Waals surface area (Å²) in [5, 5.41) is 14.1. The van der Waals surface area contributed by atoms with Crippen LogP contribution in [0.15, 0.2) is 24.8 Å². The second-order valence-electron chi connectivity index (χ2n) is 5.18. The van der Waals surface area contributed by atoms with Gasteiger partial charge >= 0.3 is 0 Å². The number of benzene rings is 1. The molecule has 2 N–H and O–H groups in total. The van der Waals surface area contributed by atoms with Gasteiger partial charge in [-0.1, -0.05) is 17.7 Å². The summed E-state index contributed by atoms with van der Waals surface area (Å²) in [5.74, 6) is 0.813. The molecule has 5 heteroatoms. The van der Waals surface area contributed by atoms with Crippen molar-refractivity contribution in [3.63, 3.8) is 0 Å². The molecule has 0 saturated carbocycles. The molecule has 0 aliphatic carbocycles. The fraction of sp³-hybridized carbons (Fsp3) is 0.500. The van der Waals surface area contributed by atoms with Crippen LogP contribution in [0.3, 0.4) is 0 Å². The van der Waals surface area contributed by atoms with Crippen LogP contribution >= 0.6 is 11.6 Å². The SMILES string of the molecule is C=CCC[C@H](c1c(OC)ccc(Cl)c1O)N1CCNCC1. The molecule has 0 radical (unpaired) electrons. The van der Waals surface area contributed by atoms with E-state index in [0.717, 1.165) is 44.6 Å². The second-order valence-corrected chi connectivity index (χ2v) is 5.59. The summed E-state index contributed by atoms with van der Waals surface area (Å²) in [7, 11) is 1.62. The van der Waals surface area contributed by atoms with Crippen molar-refractivity contribution in [3.05, 3.63) is 35.4 Å². The maximum absolute atomic E-state index is 10.4. The Morgan fingerprint density at radius 1 is 1.48 bits per heavy atom. The summed E-state index contributed by atoms with van der Waals surface area (Å²) in [4.78, 5) is 2.37. The van der Waals surface area contributed by atoms with Crippen molar-refractivity contribution in [2.75, 3.05) is 33.3 Å². The molecule has 0 spiro atoms. The van der Waals surface area contributed by atoms with E-state index in [1.165, 1.54) is 0 Å². The van der Waals surface area contributed by atoms with Gasteiger partial charge in [0.15, 0.2) is 0 Å². The zero-order chi connectivity index (χ0) is 15.2. The predicted octanol–water partition coefficient (Wildman–Crippen LogP) is 2.97. The molecule has 1 atom stereocenters. The lowest BCUT2D eigenvalue weighted by atomic mass is 9.97. The highest BCUT2D eigenvalue weighted by Crippen LogP contribution is 2.42. The molecule has 1 saturated heterocycles. The first kappa shape index (κ1) is 16.1. The van der Waals surface area contributed by atoms with E-state index in [1.54, 1.807) is 13.2 Å². The molecule has 116 valence electrons. The summed E-state index contributed by atoms with van der Waals surface area (Å²) < 4.78 is 5.45. The monoisotopic (exact) mass is 310 g/mol. The number of ether oxygens (including phenoxy) is 1. The summed E-state index contributed by atoms with van der Waals surface area (Å²) in [5.41, 5.74) is 0.786. The van der Waals surface area contributed by atoms with E-state index in [0.29, 0.717) is 10.8 Å². The van der Waals surface area contributed by atoms with Crippen molar-refractivity contribution in [2.24, 2.45) is 0 Å². The lowest BCUT2D eigenvalue weighted by Gasteiger charge is -2.36. The van der Waals surface area contributed by atoms with Crippen LogP contribution < -0.4 is 10.1 Å². The largest absolute Gasteiger partial charge is 0.506 e.